The molecule has 7 heteroatoms. The number of carbonyl (C=O) groups excluding carboxylic acids is 1. The number of hydrogen-bond acceptors (Lipinski definition) is 5. The topological polar surface area (TPSA) is 64.6 Å². The highest BCUT2D eigenvalue weighted by Gasteiger charge is 2.52. The minimum atomic E-state index is 0.0735. The van der Waals surface area contributed by atoms with Crippen LogP contribution in [0.5, 0.6) is 0 Å². The number of para-hydroxylation sites is 1. The molecule has 2 aromatic carbocycles. The number of benzene rings is 2. The highest BCUT2D eigenvalue weighted by molar-refractivity contribution is 5.79. The van der Waals surface area contributed by atoms with Gasteiger partial charge in [0.2, 0.25) is 5.95 Å². The fraction of sp³-hybridized carbons (Fsp3) is 0.464. The summed E-state index contributed by atoms with van der Waals surface area (Å²) < 4.78 is 0. The van der Waals surface area contributed by atoms with Gasteiger partial charge in [-0.15, -0.1) is 0 Å². The summed E-state index contributed by atoms with van der Waals surface area (Å²) >= 11 is 0. The molecule has 1 aromatic heterocycles. The van der Waals surface area contributed by atoms with Gasteiger partial charge in [-0.2, -0.15) is 0 Å². The van der Waals surface area contributed by atoms with Crippen LogP contribution >= 0.6 is 0 Å². The van der Waals surface area contributed by atoms with Gasteiger partial charge in [-0.3, -0.25) is 4.90 Å². The van der Waals surface area contributed by atoms with E-state index in [1.165, 1.54) is 5.56 Å². The summed E-state index contributed by atoms with van der Waals surface area (Å²) in [4.78, 5) is 29.3. The van der Waals surface area contributed by atoms with Crippen LogP contribution in [0, 0.1) is 5.41 Å². The average molecular weight is 471 g/mol. The van der Waals surface area contributed by atoms with E-state index in [9.17, 15) is 4.79 Å². The van der Waals surface area contributed by atoms with Gasteiger partial charge in [0.15, 0.2) is 0 Å². The number of anilines is 1. The maximum atomic E-state index is 13.2. The zero-order valence-electron chi connectivity index (χ0n) is 20.6. The second kappa shape index (κ2) is 8.79. The molecular weight excluding hydrogens is 436 g/mol. The number of carbonyl (C=O) groups is 1. The lowest BCUT2D eigenvalue weighted by Crippen LogP contribution is -2.68. The molecule has 1 N–H and O–H groups in total. The van der Waals surface area contributed by atoms with E-state index in [0.717, 1.165) is 62.4 Å². The quantitative estimate of drug-likeness (QED) is 0.627. The van der Waals surface area contributed by atoms with Crippen molar-refractivity contribution in [3.63, 3.8) is 0 Å². The molecule has 1 aliphatic carbocycles. The van der Waals surface area contributed by atoms with Gasteiger partial charge in [-0.1, -0.05) is 48.5 Å². The predicted molar refractivity (Wildman–Crippen MR) is 138 cm³/mol. The number of nitrogens with zero attached hydrogens (tertiary/aromatic N) is 5. The smallest absolute Gasteiger partial charge is 0.318 e. The van der Waals surface area contributed by atoms with Gasteiger partial charge in [-0.25, -0.2) is 14.8 Å². The molecule has 3 aliphatic rings. The number of urea groups is 1. The van der Waals surface area contributed by atoms with Gasteiger partial charge in [0.1, 0.15) is 0 Å². The lowest BCUT2D eigenvalue weighted by Gasteiger charge is -2.59. The molecule has 2 aliphatic heterocycles. The molecule has 3 heterocycles. The van der Waals surface area contributed by atoms with Crippen LogP contribution in [0.1, 0.15) is 32.3 Å². The van der Waals surface area contributed by atoms with E-state index in [-0.39, 0.29) is 18.1 Å². The van der Waals surface area contributed by atoms with Crippen molar-refractivity contribution in [1.29, 1.82) is 0 Å². The maximum Gasteiger partial charge on any atom is 0.318 e. The Bertz CT molecular complexity index is 1190. The Balaban J connectivity index is 1.01. The minimum absolute atomic E-state index is 0.0735. The van der Waals surface area contributed by atoms with Crippen molar-refractivity contribution >= 4 is 22.9 Å². The maximum absolute atomic E-state index is 13.2. The third kappa shape index (κ3) is 4.33. The van der Waals surface area contributed by atoms with Crippen molar-refractivity contribution in [1.82, 2.24) is 25.1 Å². The summed E-state index contributed by atoms with van der Waals surface area (Å²) in [7, 11) is 0. The lowest BCUT2D eigenvalue weighted by molar-refractivity contribution is -0.0812. The summed E-state index contributed by atoms with van der Waals surface area (Å²) in [6.45, 7) is 9.03. The van der Waals surface area contributed by atoms with Gasteiger partial charge < -0.3 is 15.1 Å². The molecule has 0 radical (unpaired) electrons. The average Bonchev–Trinajstić information content (AvgIpc) is 2.81. The molecule has 182 valence electrons. The van der Waals surface area contributed by atoms with Gasteiger partial charge in [0.25, 0.3) is 0 Å². The van der Waals surface area contributed by atoms with Gasteiger partial charge in [-0.05, 0) is 43.7 Å². The third-order valence-corrected chi connectivity index (χ3v) is 7.97. The highest BCUT2D eigenvalue weighted by atomic mass is 16.2. The molecule has 6 rings (SSSR count). The first-order valence-corrected chi connectivity index (χ1v) is 12.8. The van der Waals surface area contributed by atoms with E-state index in [4.69, 9.17) is 4.98 Å². The number of amides is 2. The number of rotatable bonds is 4. The first-order chi connectivity index (χ1) is 17.0. The molecule has 35 heavy (non-hydrogen) atoms. The Labute approximate surface area is 207 Å². The molecule has 0 bridgehead atoms. The molecule has 2 saturated heterocycles. The van der Waals surface area contributed by atoms with Crippen molar-refractivity contribution < 1.29 is 4.79 Å². The Morgan fingerprint density at radius 2 is 1.69 bits per heavy atom. The Morgan fingerprint density at radius 3 is 2.43 bits per heavy atom. The van der Waals surface area contributed by atoms with Gasteiger partial charge >= 0.3 is 6.03 Å². The highest BCUT2D eigenvalue weighted by Crippen LogP contribution is 2.48. The normalized spacial score (nSPS) is 24.3. The number of aromatic nitrogens is 2. The first-order valence-electron chi connectivity index (χ1n) is 12.8. The van der Waals surface area contributed by atoms with E-state index < -0.39 is 0 Å². The Hall–Kier alpha value is -3.19. The van der Waals surface area contributed by atoms with Crippen LogP contribution in [0.15, 0.2) is 60.8 Å². The fourth-order valence-corrected chi connectivity index (χ4v) is 6.45. The molecule has 3 fully saturated rings. The molecule has 2 atom stereocenters. The van der Waals surface area contributed by atoms with E-state index >= 15 is 0 Å². The summed E-state index contributed by atoms with van der Waals surface area (Å²) in [5.41, 5.74) is 2.74. The Morgan fingerprint density at radius 1 is 1.00 bits per heavy atom. The van der Waals surface area contributed by atoms with Crippen LogP contribution in [-0.4, -0.2) is 70.1 Å². The monoisotopic (exact) mass is 470 g/mol. The molecule has 1 spiro atoms. The van der Waals surface area contributed by atoms with Crippen molar-refractivity contribution in [3.8, 4) is 0 Å². The number of hydrogen-bond donors (Lipinski definition) is 1. The van der Waals surface area contributed by atoms with Crippen LogP contribution in [0.25, 0.3) is 10.9 Å². The number of nitrogens with one attached hydrogen (secondary N) is 1. The molecule has 3 aromatic rings. The van der Waals surface area contributed by atoms with Crippen molar-refractivity contribution in [2.75, 3.05) is 31.1 Å². The molecule has 7 nitrogen and oxygen atoms in total. The fourth-order valence-electron chi connectivity index (χ4n) is 6.45. The van der Waals surface area contributed by atoms with Crippen LogP contribution in [-0.2, 0) is 6.54 Å². The third-order valence-electron chi connectivity index (χ3n) is 7.97. The molecular formula is C28H34N6O. The molecule has 0 unspecified atom stereocenters. The van der Waals surface area contributed by atoms with Crippen LogP contribution < -0.4 is 10.2 Å². The van der Waals surface area contributed by atoms with Crippen LogP contribution in [0.2, 0.25) is 0 Å². The van der Waals surface area contributed by atoms with Crippen LogP contribution in [0.3, 0.4) is 0 Å². The van der Waals surface area contributed by atoms with E-state index in [2.05, 4.69) is 64.3 Å². The van der Waals surface area contributed by atoms with Gasteiger partial charge in [0, 0.05) is 62.4 Å². The zero-order chi connectivity index (χ0) is 24.0. The zero-order valence-corrected chi connectivity index (χ0v) is 20.6. The van der Waals surface area contributed by atoms with E-state index in [1.54, 1.807) is 0 Å². The summed E-state index contributed by atoms with van der Waals surface area (Å²) in [5, 5.41) is 4.38. The second-order valence-corrected chi connectivity index (χ2v) is 10.9. The second-order valence-electron chi connectivity index (χ2n) is 10.9. The number of fused-ring (bicyclic) bond motifs is 1. The molecule has 1 saturated carbocycles. The van der Waals surface area contributed by atoms with Crippen molar-refractivity contribution in [2.45, 2.75) is 51.4 Å². The number of piperazine rings is 1. The summed E-state index contributed by atoms with van der Waals surface area (Å²) in [6.07, 6.45) is 4.08. The summed E-state index contributed by atoms with van der Waals surface area (Å²) in [6, 6.07) is 19.3. The largest absolute Gasteiger partial charge is 0.337 e. The molecule has 2 amide bonds. The minimum Gasteiger partial charge on any atom is -0.337 e. The lowest BCUT2D eigenvalue weighted by atomic mass is 9.60. The van der Waals surface area contributed by atoms with Crippen molar-refractivity contribution in [2.24, 2.45) is 5.41 Å². The van der Waals surface area contributed by atoms with E-state index in [1.807, 2.05) is 35.4 Å². The van der Waals surface area contributed by atoms with Gasteiger partial charge in [0.05, 0.1) is 5.52 Å². The summed E-state index contributed by atoms with van der Waals surface area (Å²) in [5.74, 6) is 0.744. The standard InChI is InChI=1S/C28H34N6O/c1-20-15-33(26-29-14-23-10-6-7-11-25(23)31-26)16-21(2)34(20)27(35)30-24-12-28(13-24)18-32(19-28)17-22-8-4-3-5-9-22/h3-11,14,20-21,24H,12-13,15-19H2,1-2H3,(H,30,35)/t20-,21-/m1/s1. The number of likely N-dealkylation sites (tertiary alicyclic amines) is 1. The Kier molecular flexibility index (Phi) is 5.60. The van der Waals surface area contributed by atoms with Crippen LogP contribution in [0.4, 0.5) is 10.7 Å². The van der Waals surface area contributed by atoms with E-state index in [0.29, 0.717) is 11.5 Å². The van der Waals surface area contributed by atoms with Crippen molar-refractivity contribution in [3.05, 3.63) is 66.4 Å². The SMILES string of the molecule is C[C@@H]1CN(c2ncc3ccccc3n2)C[C@@H](C)N1C(=O)NC1CC2(C1)CN(Cc1ccccc1)C2. The first kappa shape index (κ1) is 22.3. The predicted octanol–water partition coefficient (Wildman–Crippen LogP) is 3.90.